The second-order valence-electron chi connectivity index (χ2n) is 2.21. The summed E-state index contributed by atoms with van der Waals surface area (Å²) in [5.41, 5.74) is 0.527. The smallest absolute Gasteiger partial charge is 0.237 e. The third-order valence-corrected chi connectivity index (χ3v) is 2.21. The molecular weight excluding hydrogens is 180 g/mol. The number of nitrogens with one attached hydrogen (secondary N) is 1. The molecule has 0 amide bonds. The predicted molar refractivity (Wildman–Crippen MR) is 41.8 cm³/mol. The van der Waals surface area contributed by atoms with E-state index in [1.54, 1.807) is 18.3 Å². The Morgan fingerprint density at radius 3 is 2.83 bits per heavy atom. The first-order chi connectivity index (χ1) is 5.64. The first kappa shape index (κ1) is 9.11. The monoisotopic (exact) mass is 188 g/mol. The Morgan fingerprint density at radius 2 is 2.33 bits per heavy atom. The van der Waals surface area contributed by atoms with Crippen LogP contribution in [0.15, 0.2) is 24.5 Å². The lowest BCUT2D eigenvalue weighted by molar-refractivity contribution is 0.242. The minimum atomic E-state index is -3.61. The highest BCUT2D eigenvalue weighted by Gasteiger charge is 2.08. The fourth-order valence-corrected chi connectivity index (χ4v) is 1.41. The molecule has 0 aliphatic rings. The highest BCUT2D eigenvalue weighted by molar-refractivity contribution is 7.88. The molecule has 0 aliphatic heterocycles. The Balaban J connectivity index is 2.78. The summed E-state index contributed by atoms with van der Waals surface area (Å²) in [5.74, 6) is -0.267. The van der Waals surface area contributed by atoms with Crippen LogP contribution >= 0.6 is 0 Å². The Hall–Kier alpha value is -0.980. The van der Waals surface area contributed by atoms with Gasteiger partial charge in [0.1, 0.15) is 0 Å². The molecule has 0 aliphatic carbocycles. The largest absolute Gasteiger partial charge is 0.302 e. The Morgan fingerprint density at radius 1 is 1.58 bits per heavy atom. The van der Waals surface area contributed by atoms with Crippen molar-refractivity contribution in [3.8, 4) is 0 Å². The molecule has 0 unspecified atom stereocenters. The van der Waals surface area contributed by atoms with Gasteiger partial charge in [-0.25, -0.2) is 8.42 Å². The second kappa shape index (κ2) is 3.61. The summed E-state index contributed by atoms with van der Waals surface area (Å²) in [7, 11) is -3.61. The van der Waals surface area contributed by atoms with Crippen LogP contribution in [0.25, 0.3) is 0 Å². The van der Waals surface area contributed by atoms with Gasteiger partial charge in [0.2, 0.25) is 10.0 Å². The lowest BCUT2D eigenvalue weighted by Gasteiger charge is -1.99. The molecule has 0 radical (unpaired) electrons. The lowest BCUT2D eigenvalue weighted by atomic mass is 10.3. The molecule has 5 nitrogen and oxygen atoms in total. The maximum absolute atomic E-state index is 10.8. The van der Waals surface area contributed by atoms with E-state index in [0.29, 0.717) is 5.56 Å². The SMILES string of the molecule is O=S(=O)(Cc1cccnc1)NO. The van der Waals surface area contributed by atoms with Gasteiger partial charge in [-0.05, 0) is 11.6 Å². The first-order valence-electron chi connectivity index (χ1n) is 3.16. The molecule has 0 saturated heterocycles. The highest BCUT2D eigenvalue weighted by Crippen LogP contribution is 2.00. The van der Waals surface area contributed by atoms with Gasteiger partial charge < -0.3 is 5.21 Å². The van der Waals surface area contributed by atoms with E-state index in [2.05, 4.69) is 4.98 Å². The van der Waals surface area contributed by atoms with Crippen molar-refractivity contribution in [2.75, 3.05) is 0 Å². The van der Waals surface area contributed by atoms with Crippen LogP contribution < -0.4 is 4.89 Å². The van der Waals surface area contributed by atoms with E-state index in [1.165, 1.54) is 11.1 Å². The molecular formula is C6H8N2O3S. The van der Waals surface area contributed by atoms with Gasteiger partial charge in [0.05, 0.1) is 5.75 Å². The van der Waals surface area contributed by atoms with Crippen molar-refractivity contribution in [3.05, 3.63) is 30.1 Å². The summed E-state index contributed by atoms with van der Waals surface area (Å²) >= 11 is 0. The summed E-state index contributed by atoms with van der Waals surface area (Å²) in [6, 6.07) is 3.24. The van der Waals surface area contributed by atoms with Crippen molar-refractivity contribution >= 4 is 10.0 Å². The van der Waals surface area contributed by atoms with Gasteiger partial charge in [0.15, 0.2) is 0 Å². The van der Waals surface area contributed by atoms with Gasteiger partial charge in [-0.3, -0.25) is 4.98 Å². The fourth-order valence-electron chi connectivity index (χ4n) is 0.735. The van der Waals surface area contributed by atoms with Crippen molar-refractivity contribution in [2.24, 2.45) is 0 Å². The van der Waals surface area contributed by atoms with Crippen LogP contribution in [-0.2, 0) is 15.8 Å². The molecule has 0 bridgehead atoms. The summed E-state index contributed by atoms with van der Waals surface area (Å²) in [5, 5.41) is 8.20. The number of nitrogens with zero attached hydrogens (tertiary/aromatic N) is 1. The standard InChI is InChI=1S/C6H8N2O3S/c9-8-12(10,11)5-6-2-1-3-7-4-6/h1-4,8-9H,5H2. The Labute approximate surface area is 70.1 Å². The van der Waals surface area contributed by atoms with E-state index >= 15 is 0 Å². The second-order valence-corrected chi connectivity index (χ2v) is 3.91. The molecule has 1 rings (SSSR count). The number of pyridine rings is 1. The average Bonchev–Trinajstić information content (AvgIpc) is 2.06. The van der Waals surface area contributed by atoms with Crippen LogP contribution in [0.4, 0.5) is 0 Å². The minimum absolute atomic E-state index is 0.267. The van der Waals surface area contributed by atoms with E-state index in [9.17, 15) is 8.42 Å². The lowest BCUT2D eigenvalue weighted by Crippen LogP contribution is -2.21. The molecule has 1 aromatic heterocycles. The fraction of sp³-hybridized carbons (Fsp3) is 0.167. The van der Waals surface area contributed by atoms with E-state index in [1.807, 2.05) is 0 Å². The number of aromatic nitrogens is 1. The Bertz CT molecular complexity index is 335. The predicted octanol–water partition coefficient (Wildman–Crippen LogP) is -0.110. The summed E-state index contributed by atoms with van der Waals surface area (Å²) in [6.07, 6.45) is 2.97. The maximum Gasteiger partial charge on any atom is 0.237 e. The van der Waals surface area contributed by atoms with Gasteiger partial charge in [0.25, 0.3) is 0 Å². The van der Waals surface area contributed by atoms with Crippen molar-refractivity contribution in [1.29, 1.82) is 0 Å². The molecule has 12 heavy (non-hydrogen) atoms. The molecule has 66 valence electrons. The van der Waals surface area contributed by atoms with Crippen LogP contribution in [0.3, 0.4) is 0 Å². The van der Waals surface area contributed by atoms with Crippen molar-refractivity contribution in [2.45, 2.75) is 5.75 Å². The normalized spacial score (nSPS) is 11.4. The molecule has 2 N–H and O–H groups in total. The molecule has 0 aromatic carbocycles. The van der Waals surface area contributed by atoms with E-state index < -0.39 is 10.0 Å². The Kier molecular flexibility index (Phi) is 2.74. The zero-order valence-electron chi connectivity index (χ0n) is 6.14. The van der Waals surface area contributed by atoms with E-state index in [4.69, 9.17) is 5.21 Å². The van der Waals surface area contributed by atoms with E-state index in [0.717, 1.165) is 0 Å². The number of rotatable bonds is 3. The molecule has 0 fully saturated rings. The summed E-state index contributed by atoms with van der Waals surface area (Å²) in [4.78, 5) is 4.96. The molecule has 1 aromatic rings. The molecule has 0 atom stereocenters. The van der Waals surface area contributed by atoms with Crippen LogP contribution in [0.5, 0.6) is 0 Å². The zero-order chi connectivity index (χ0) is 9.03. The van der Waals surface area contributed by atoms with Gasteiger partial charge >= 0.3 is 0 Å². The quantitative estimate of drug-likeness (QED) is 0.649. The topological polar surface area (TPSA) is 79.3 Å². The molecule has 6 heteroatoms. The van der Waals surface area contributed by atoms with Gasteiger partial charge in [-0.1, -0.05) is 11.0 Å². The third-order valence-electron chi connectivity index (χ3n) is 1.22. The third kappa shape index (κ3) is 2.57. The van der Waals surface area contributed by atoms with Crippen LogP contribution in [0.2, 0.25) is 0 Å². The molecule has 0 spiro atoms. The number of hydrogen-bond acceptors (Lipinski definition) is 4. The van der Waals surface area contributed by atoms with Gasteiger partial charge in [0, 0.05) is 12.4 Å². The van der Waals surface area contributed by atoms with Crippen LogP contribution in [0, 0.1) is 0 Å². The van der Waals surface area contributed by atoms with Crippen LogP contribution in [-0.4, -0.2) is 18.6 Å². The number of hydrogen-bond donors (Lipinski definition) is 2. The van der Waals surface area contributed by atoms with Gasteiger partial charge in [-0.15, -0.1) is 0 Å². The van der Waals surface area contributed by atoms with E-state index in [-0.39, 0.29) is 5.75 Å². The van der Waals surface area contributed by atoms with Gasteiger partial charge in [-0.2, -0.15) is 0 Å². The average molecular weight is 188 g/mol. The molecule has 1 heterocycles. The van der Waals surface area contributed by atoms with Crippen molar-refractivity contribution in [1.82, 2.24) is 9.87 Å². The van der Waals surface area contributed by atoms with Crippen molar-refractivity contribution in [3.63, 3.8) is 0 Å². The van der Waals surface area contributed by atoms with Crippen molar-refractivity contribution < 1.29 is 13.6 Å². The minimum Gasteiger partial charge on any atom is -0.302 e. The highest BCUT2D eigenvalue weighted by atomic mass is 32.2. The van der Waals surface area contributed by atoms with Crippen LogP contribution in [0.1, 0.15) is 5.56 Å². The summed E-state index contributed by atoms with van der Waals surface area (Å²) < 4.78 is 21.6. The number of sulfonamides is 1. The molecule has 0 saturated carbocycles. The zero-order valence-corrected chi connectivity index (χ0v) is 6.95. The summed E-state index contributed by atoms with van der Waals surface area (Å²) in [6.45, 7) is 0. The first-order valence-corrected chi connectivity index (χ1v) is 4.82. The maximum atomic E-state index is 10.8.